The predicted molar refractivity (Wildman–Crippen MR) is 118 cm³/mol. The van der Waals surface area contributed by atoms with Crippen molar-refractivity contribution < 1.29 is 8.78 Å². The van der Waals surface area contributed by atoms with Gasteiger partial charge in [0.1, 0.15) is 5.69 Å². The number of pyridine rings is 1. The van der Waals surface area contributed by atoms with Gasteiger partial charge in [0.2, 0.25) is 0 Å². The minimum absolute atomic E-state index is 0.0561. The van der Waals surface area contributed by atoms with Crippen LogP contribution in [0.1, 0.15) is 5.56 Å². The standard InChI is InChI=1S/C25H16ClF2N3/c26-19-10-8-18(9-11-19)17-6-4-16(5-7-17)14-31-13-12-22-23(15-31)30-25(29-22)20-2-1-3-21(27)24(20)28/h1-13,15H,14H2. The van der Waals surface area contributed by atoms with E-state index in [0.29, 0.717) is 23.0 Å². The number of rotatable bonds is 4. The van der Waals surface area contributed by atoms with Gasteiger partial charge in [0.05, 0.1) is 11.3 Å². The third-order valence-corrected chi connectivity index (χ3v) is 5.37. The van der Waals surface area contributed by atoms with Crippen LogP contribution in [0.2, 0.25) is 5.02 Å². The van der Waals surface area contributed by atoms with Crippen molar-refractivity contribution in [2.75, 3.05) is 0 Å². The zero-order valence-electron chi connectivity index (χ0n) is 16.3. The van der Waals surface area contributed by atoms with Crippen molar-refractivity contribution in [1.82, 2.24) is 14.5 Å². The van der Waals surface area contributed by atoms with Crippen LogP contribution in [0.4, 0.5) is 8.78 Å². The molecule has 0 amide bonds. The van der Waals surface area contributed by atoms with Gasteiger partial charge in [-0.25, -0.2) is 18.7 Å². The summed E-state index contributed by atoms with van der Waals surface area (Å²) in [5.41, 5.74) is 4.66. The molecule has 0 radical (unpaired) electrons. The zero-order valence-corrected chi connectivity index (χ0v) is 17.0. The number of benzene rings is 3. The molecule has 0 unspecified atom stereocenters. The summed E-state index contributed by atoms with van der Waals surface area (Å²) in [5, 5.41) is 0.714. The quantitative estimate of drug-likeness (QED) is 0.317. The average Bonchev–Trinajstić information content (AvgIpc) is 3.20. The molecule has 0 aliphatic carbocycles. The maximum Gasteiger partial charge on any atom is 0.169 e. The Hall–Kier alpha value is -3.57. The first-order chi connectivity index (χ1) is 15.1. The third-order valence-electron chi connectivity index (χ3n) is 5.12. The molecule has 0 saturated heterocycles. The number of fused-ring (bicyclic) bond motifs is 1. The maximum absolute atomic E-state index is 14.1. The second kappa shape index (κ2) is 7.93. The summed E-state index contributed by atoms with van der Waals surface area (Å²) in [5.74, 6) is -1.67. The highest BCUT2D eigenvalue weighted by Gasteiger charge is 2.17. The lowest BCUT2D eigenvalue weighted by Gasteiger charge is -2.09. The van der Waals surface area contributed by atoms with Crippen LogP contribution in [-0.2, 0) is 6.54 Å². The van der Waals surface area contributed by atoms with Crippen molar-refractivity contribution in [3.05, 3.63) is 107 Å². The summed E-state index contributed by atoms with van der Waals surface area (Å²) < 4.78 is 29.6. The number of hydrogen-bond acceptors (Lipinski definition) is 2. The van der Waals surface area contributed by atoms with E-state index in [2.05, 4.69) is 34.2 Å². The van der Waals surface area contributed by atoms with Crippen molar-refractivity contribution in [1.29, 1.82) is 0 Å². The van der Waals surface area contributed by atoms with Crippen LogP contribution in [0.15, 0.2) is 85.2 Å². The Balaban J connectivity index is 1.39. The molecule has 0 bridgehead atoms. The topological polar surface area (TPSA) is 30.7 Å². The van der Waals surface area contributed by atoms with E-state index in [-0.39, 0.29) is 11.4 Å². The molecule has 3 aromatic carbocycles. The first-order valence-corrected chi connectivity index (χ1v) is 10.1. The molecule has 0 fully saturated rings. The first-order valence-electron chi connectivity index (χ1n) is 9.69. The van der Waals surface area contributed by atoms with Crippen LogP contribution >= 0.6 is 11.6 Å². The predicted octanol–water partition coefficient (Wildman–Crippen LogP) is 6.70. The molecule has 31 heavy (non-hydrogen) atoms. The van der Waals surface area contributed by atoms with Crippen LogP contribution in [0.5, 0.6) is 0 Å². The smallest absolute Gasteiger partial charge is 0.169 e. The van der Waals surface area contributed by atoms with E-state index in [1.54, 1.807) is 0 Å². The molecule has 2 aliphatic rings. The monoisotopic (exact) mass is 431 g/mol. The van der Waals surface area contributed by atoms with E-state index >= 15 is 0 Å². The highest BCUT2D eigenvalue weighted by atomic mass is 35.5. The van der Waals surface area contributed by atoms with Crippen molar-refractivity contribution in [3.63, 3.8) is 0 Å². The molecule has 152 valence electrons. The molecule has 0 aromatic heterocycles. The fourth-order valence-electron chi connectivity index (χ4n) is 3.50. The van der Waals surface area contributed by atoms with Crippen LogP contribution in [0.25, 0.3) is 33.9 Å². The van der Waals surface area contributed by atoms with E-state index in [1.807, 2.05) is 47.3 Å². The highest BCUT2D eigenvalue weighted by Crippen LogP contribution is 2.28. The Morgan fingerprint density at radius 1 is 0.774 bits per heavy atom. The van der Waals surface area contributed by atoms with Gasteiger partial charge in [0.15, 0.2) is 17.5 Å². The number of hydrogen-bond donors (Lipinski definition) is 0. The Kier molecular flexibility index (Phi) is 4.96. The molecule has 0 spiro atoms. The molecule has 3 nitrogen and oxygen atoms in total. The van der Waals surface area contributed by atoms with Crippen LogP contribution < -0.4 is 0 Å². The fourth-order valence-corrected chi connectivity index (χ4v) is 3.63. The Bertz CT molecular complexity index is 1330. The molecule has 5 rings (SSSR count). The van der Waals surface area contributed by atoms with Gasteiger partial charge in [0.25, 0.3) is 0 Å². The summed E-state index contributed by atoms with van der Waals surface area (Å²) in [7, 11) is 0. The number of imidazole rings is 1. The minimum Gasteiger partial charge on any atom is -0.348 e. The first kappa shape index (κ1) is 19.4. The Labute approximate surface area is 182 Å². The van der Waals surface area contributed by atoms with Gasteiger partial charge in [-0.1, -0.05) is 54.1 Å². The SMILES string of the molecule is Fc1cccc(-c2nc3ccn(Cc4ccc(-c5ccc(Cl)cc5)cc4)cc-3n2)c1F. The van der Waals surface area contributed by atoms with Gasteiger partial charge >= 0.3 is 0 Å². The van der Waals surface area contributed by atoms with Crippen LogP contribution in [-0.4, -0.2) is 14.5 Å². The van der Waals surface area contributed by atoms with Crippen LogP contribution in [0, 0.1) is 11.6 Å². The molecule has 0 saturated carbocycles. The van der Waals surface area contributed by atoms with E-state index in [1.165, 1.54) is 12.1 Å². The summed E-state index contributed by atoms with van der Waals surface area (Å²) >= 11 is 5.96. The summed E-state index contributed by atoms with van der Waals surface area (Å²) in [6.45, 7) is 0.646. The van der Waals surface area contributed by atoms with Gasteiger partial charge in [0, 0.05) is 24.0 Å². The Morgan fingerprint density at radius 3 is 2.19 bits per heavy atom. The molecular formula is C25H16ClF2N3. The van der Waals surface area contributed by atoms with Crippen molar-refractivity contribution in [3.8, 4) is 33.9 Å². The molecule has 3 aromatic rings. The van der Waals surface area contributed by atoms with Crippen molar-refractivity contribution >= 4 is 11.6 Å². The molecule has 0 atom stereocenters. The largest absolute Gasteiger partial charge is 0.348 e. The molecule has 0 N–H and O–H groups in total. The van der Waals surface area contributed by atoms with E-state index in [4.69, 9.17) is 11.6 Å². The van der Waals surface area contributed by atoms with Crippen molar-refractivity contribution in [2.24, 2.45) is 0 Å². The minimum atomic E-state index is -0.938. The second-order valence-electron chi connectivity index (χ2n) is 7.24. The highest BCUT2D eigenvalue weighted by molar-refractivity contribution is 6.30. The van der Waals surface area contributed by atoms with Crippen molar-refractivity contribution in [2.45, 2.75) is 6.54 Å². The normalized spacial score (nSPS) is 11.2. The van der Waals surface area contributed by atoms with Gasteiger partial charge in [-0.3, -0.25) is 0 Å². The molecule has 2 heterocycles. The Morgan fingerprint density at radius 2 is 1.45 bits per heavy atom. The molecular weight excluding hydrogens is 416 g/mol. The summed E-state index contributed by atoms with van der Waals surface area (Å²) in [6.07, 6.45) is 3.76. The number of aromatic nitrogens is 3. The van der Waals surface area contributed by atoms with E-state index in [0.717, 1.165) is 22.8 Å². The van der Waals surface area contributed by atoms with Gasteiger partial charge in [-0.05, 0) is 47.0 Å². The zero-order chi connectivity index (χ0) is 21.4. The van der Waals surface area contributed by atoms with E-state index < -0.39 is 11.6 Å². The lowest BCUT2D eigenvalue weighted by Crippen LogP contribution is -2.00. The molecule has 2 aliphatic heterocycles. The van der Waals surface area contributed by atoms with Crippen LogP contribution in [0.3, 0.4) is 0 Å². The average molecular weight is 432 g/mol. The van der Waals surface area contributed by atoms with Gasteiger partial charge in [-0.2, -0.15) is 0 Å². The summed E-state index contributed by atoms with van der Waals surface area (Å²) in [6, 6.07) is 21.9. The lowest BCUT2D eigenvalue weighted by atomic mass is 10.0. The van der Waals surface area contributed by atoms with E-state index in [9.17, 15) is 8.78 Å². The van der Waals surface area contributed by atoms with Gasteiger partial charge < -0.3 is 4.57 Å². The van der Waals surface area contributed by atoms with Gasteiger partial charge in [-0.15, -0.1) is 0 Å². The fraction of sp³-hybridized carbons (Fsp3) is 0.0400. The number of nitrogens with zero attached hydrogens (tertiary/aromatic N) is 3. The number of halogens is 3. The lowest BCUT2D eigenvalue weighted by molar-refractivity contribution is 0.510. The summed E-state index contributed by atoms with van der Waals surface area (Å²) in [4.78, 5) is 8.74. The second-order valence-corrected chi connectivity index (χ2v) is 7.68. The third kappa shape index (κ3) is 3.92. The maximum atomic E-state index is 14.1. The molecule has 6 heteroatoms.